The zero-order chi connectivity index (χ0) is 20.9. The van der Waals surface area contributed by atoms with Crippen LogP contribution in [0.1, 0.15) is 36.6 Å². The van der Waals surface area contributed by atoms with Crippen LogP contribution in [0.2, 0.25) is 0 Å². The number of Topliss-reactive ketones (excluding diaryl/α,β-unsaturated/α-hetero) is 4. The summed E-state index contributed by atoms with van der Waals surface area (Å²) in [5, 5.41) is 10.7. The monoisotopic (exact) mass is 388 g/mol. The van der Waals surface area contributed by atoms with Gasteiger partial charge in [0, 0.05) is 22.3 Å². The van der Waals surface area contributed by atoms with Crippen LogP contribution in [-0.4, -0.2) is 41.3 Å². The Kier molecular flexibility index (Phi) is 4.08. The van der Waals surface area contributed by atoms with E-state index in [0.29, 0.717) is 0 Å². The number of carbonyl (C=O) groups excluding carboxylic acids is 5. The number of rotatable bonds is 1. The van der Waals surface area contributed by atoms with Gasteiger partial charge in [0.05, 0.1) is 18.3 Å². The first-order valence-corrected chi connectivity index (χ1v) is 8.51. The minimum Gasteiger partial charge on any atom is -0.506 e. The predicted molar refractivity (Wildman–Crippen MR) is 99.5 cm³/mol. The third-order valence-electron chi connectivity index (χ3n) is 4.86. The molecular weight excluding hydrogens is 376 g/mol. The third kappa shape index (κ3) is 2.48. The molecule has 0 bridgehead atoms. The number of esters is 1. The molecule has 7 nitrogen and oxygen atoms in total. The quantitative estimate of drug-likeness (QED) is 0.345. The number of ketones is 4. The predicted octanol–water partition coefficient (Wildman–Crippen LogP) is 2.27. The summed E-state index contributed by atoms with van der Waals surface area (Å²) in [7, 11) is 1.03. The van der Waals surface area contributed by atoms with E-state index in [-0.39, 0.29) is 22.3 Å². The normalized spacial score (nSPS) is 18.5. The minimum absolute atomic E-state index is 0.00735. The summed E-state index contributed by atoms with van der Waals surface area (Å²) in [6.45, 7) is 0. The van der Waals surface area contributed by atoms with Gasteiger partial charge in [-0.3, -0.25) is 19.2 Å². The Morgan fingerprint density at radius 2 is 1.14 bits per heavy atom. The van der Waals surface area contributed by atoms with Crippen molar-refractivity contribution in [2.24, 2.45) is 0 Å². The number of hydrogen-bond donors (Lipinski definition) is 1. The number of aliphatic hydroxyl groups excluding tert-OH is 1. The van der Waals surface area contributed by atoms with Crippen molar-refractivity contribution in [3.8, 4) is 0 Å². The maximum absolute atomic E-state index is 13.2. The average molecular weight is 388 g/mol. The van der Waals surface area contributed by atoms with Crippen molar-refractivity contribution in [1.29, 1.82) is 0 Å². The summed E-state index contributed by atoms with van der Waals surface area (Å²) in [6, 6.07) is 11.6. The third-order valence-corrected chi connectivity index (χ3v) is 4.86. The SMILES string of the molecule is COC(=O)C1=C(O)c2ccccc2C(=O)C1=C1C(=O)C(=O)c2ccccc2C1=O. The molecule has 0 amide bonds. The largest absolute Gasteiger partial charge is 0.506 e. The summed E-state index contributed by atoms with van der Waals surface area (Å²) >= 11 is 0. The minimum atomic E-state index is -1.22. The zero-order valence-corrected chi connectivity index (χ0v) is 15.0. The Labute approximate surface area is 163 Å². The van der Waals surface area contributed by atoms with Crippen LogP contribution < -0.4 is 0 Å². The number of allylic oxidation sites excluding steroid dienone is 1. The van der Waals surface area contributed by atoms with Crippen LogP contribution in [-0.2, 0) is 14.3 Å². The molecule has 0 atom stereocenters. The van der Waals surface area contributed by atoms with E-state index in [1.807, 2.05) is 0 Å². The molecule has 7 heteroatoms. The molecule has 0 spiro atoms. The Morgan fingerprint density at radius 3 is 1.69 bits per heavy atom. The molecule has 1 N–H and O–H groups in total. The molecule has 142 valence electrons. The zero-order valence-electron chi connectivity index (χ0n) is 15.0. The molecule has 0 fully saturated rings. The van der Waals surface area contributed by atoms with E-state index in [4.69, 9.17) is 0 Å². The first-order valence-electron chi connectivity index (χ1n) is 8.51. The topological polar surface area (TPSA) is 115 Å². The number of benzene rings is 2. The van der Waals surface area contributed by atoms with Gasteiger partial charge in [0.1, 0.15) is 11.3 Å². The molecule has 0 saturated heterocycles. The van der Waals surface area contributed by atoms with Crippen molar-refractivity contribution in [3.05, 3.63) is 87.5 Å². The molecule has 0 radical (unpaired) electrons. The summed E-state index contributed by atoms with van der Waals surface area (Å²) in [5.74, 6) is -5.62. The summed E-state index contributed by atoms with van der Waals surface area (Å²) in [4.78, 5) is 64.0. The highest BCUT2D eigenvalue weighted by atomic mass is 16.5. The van der Waals surface area contributed by atoms with E-state index >= 15 is 0 Å². The van der Waals surface area contributed by atoms with Crippen molar-refractivity contribution < 1.29 is 33.8 Å². The molecule has 0 heterocycles. The number of methoxy groups -OCH3 is 1. The number of carbonyl (C=O) groups is 5. The summed E-state index contributed by atoms with van der Waals surface area (Å²) < 4.78 is 4.66. The molecule has 0 aliphatic heterocycles. The number of ether oxygens (including phenoxy) is 1. The van der Waals surface area contributed by atoms with Gasteiger partial charge in [-0.05, 0) is 0 Å². The van der Waals surface area contributed by atoms with Gasteiger partial charge in [0.2, 0.25) is 11.6 Å². The molecule has 0 aromatic heterocycles. The number of fused-ring (bicyclic) bond motifs is 2. The van der Waals surface area contributed by atoms with E-state index in [2.05, 4.69) is 4.74 Å². The van der Waals surface area contributed by atoms with Gasteiger partial charge in [-0.15, -0.1) is 0 Å². The lowest BCUT2D eigenvalue weighted by Crippen LogP contribution is -2.34. The molecule has 2 aromatic rings. The van der Waals surface area contributed by atoms with Crippen molar-refractivity contribution in [2.75, 3.05) is 7.11 Å². The molecule has 0 saturated carbocycles. The Morgan fingerprint density at radius 1 is 0.690 bits per heavy atom. The molecular formula is C22H12O7. The van der Waals surface area contributed by atoms with Crippen molar-refractivity contribution in [3.63, 3.8) is 0 Å². The molecule has 0 unspecified atom stereocenters. The number of hydrogen-bond acceptors (Lipinski definition) is 7. The van der Waals surface area contributed by atoms with Crippen molar-refractivity contribution in [1.82, 2.24) is 0 Å². The van der Waals surface area contributed by atoms with E-state index in [1.54, 1.807) is 6.07 Å². The highest BCUT2D eigenvalue weighted by molar-refractivity contribution is 6.60. The smallest absolute Gasteiger partial charge is 0.342 e. The summed E-state index contributed by atoms with van der Waals surface area (Å²) in [6.07, 6.45) is 0. The fraction of sp³-hybridized carbons (Fsp3) is 0.0455. The van der Waals surface area contributed by atoms with Crippen LogP contribution in [0.3, 0.4) is 0 Å². The van der Waals surface area contributed by atoms with Crippen LogP contribution in [0.15, 0.2) is 65.3 Å². The lowest BCUT2D eigenvalue weighted by atomic mass is 9.76. The van der Waals surface area contributed by atoms with Gasteiger partial charge >= 0.3 is 5.97 Å². The molecule has 2 aromatic carbocycles. The first kappa shape index (κ1) is 18.2. The van der Waals surface area contributed by atoms with Gasteiger partial charge in [-0.25, -0.2) is 4.79 Å². The van der Waals surface area contributed by atoms with Gasteiger partial charge in [0.15, 0.2) is 11.6 Å². The second-order valence-corrected chi connectivity index (χ2v) is 6.37. The van der Waals surface area contributed by atoms with E-state index in [0.717, 1.165) is 7.11 Å². The van der Waals surface area contributed by atoms with Gasteiger partial charge in [-0.2, -0.15) is 0 Å². The fourth-order valence-electron chi connectivity index (χ4n) is 3.51. The fourth-order valence-corrected chi connectivity index (χ4v) is 3.51. The second kappa shape index (κ2) is 6.49. The molecule has 29 heavy (non-hydrogen) atoms. The van der Waals surface area contributed by atoms with E-state index in [1.165, 1.54) is 42.5 Å². The lowest BCUT2D eigenvalue weighted by molar-refractivity contribution is -0.135. The van der Waals surface area contributed by atoms with Crippen molar-refractivity contribution in [2.45, 2.75) is 0 Å². The van der Waals surface area contributed by atoms with Crippen LogP contribution >= 0.6 is 0 Å². The maximum Gasteiger partial charge on any atom is 0.342 e. The van der Waals surface area contributed by atoms with Gasteiger partial charge < -0.3 is 9.84 Å². The lowest BCUT2D eigenvalue weighted by Gasteiger charge is -2.24. The highest BCUT2D eigenvalue weighted by Gasteiger charge is 2.44. The maximum atomic E-state index is 13.2. The molecule has 4 rings (SSSR count). The standard InChI is InChI=1S/C22H12O7/c1-29-22(28)16-14(17(23)10-6-2-3-7-11(10)19(16)25)15-18(24)12-8-4-5-9-13(12)20(26)21(15)27/h2-9,25H,1H3. The van der Waals surface area contributed by atoms with Crippen molar-refractivity contribution >= 4 is 34.9 Å². The Balaban J connectivity index is 2.11. The van der Waals surface area contributed by atoms with E-state index < -0.39 is 51.6 Å². The van der Waals surface area contributed by atoms with E-state index in [9.17, 15) is 29.1 Å². The van der Waals surface area contributed by atoms with Gasteiger partial charge in [0.25, 0.3) is 0 Å². The van der Waals surface area contributed by atoms with Crippen LogP contribution in [0.4, 0.5) is 0 Å². The van der Waals surface area contributed by atoms with Crippen LogP contribution in [0.5, 0.6) is 0 Å². The second-order valence-electron chi connectivity index (χ2n) is 6.37. The van der Waals surface area contributed by atoms with Crippen LogP contribution in [0.25, 0.3) is 5.76 Å². The average Bonchev–Trinajstić information content (AvgIpc) is 2.75. The Bertz CT molecular complexity index is 1230. The first-order chi connectivity index (χ1) is 13.9. The Hall–Kier alpha value is -4.13. The highest BCUT2D eigenvalue weighted by Crippen LogP contribution is 2.38. The number of aliphatic hydroxyl groups is 1. The van der Waals surface area contributed by atoms with Crippen LogP contribution in [0, 0.1) is 0 Å². The molecule has 2 aliphatic rings. The summed E-state index contributed by atoms with van der Waals surface area (Å²) in [5.41, 5.74) is -2.10. The van der Waals surface area contributed by atoms with Gasteiger partial charge in [-0.1, -0.05) is 48.5 Å². The molecule has 2 aliphatic carbocycles.